The average Bonchev–Trinajstić information content (AvgIpc) is 3.12. The smallest absolute Gasteiger partial charge is 0.272 e. The summed E-state index contributed by atoms with van der Waals surface area (Å²) in [6.07, 6.45) is 10.7. The number of hydrogen-bond donors (Lipinski definition) is 1. The molecule has 0 aromatic carbocycles. The average molecular weight is 533 g/mol. The molecule has 1 unspecified atom stereocenters. The first-order chi connectivity index (χ1) is 18.4. The fourth-order valence-electron chi connectivity index (χ4n) is 5.50. The third kappa shape index (κ3) is 10.6. The Morgan fingerprint density at radius 3 is 2.55 bits per heavy atom. The van der Waals surface area contributed by atoms with E-state index in [1.165, 1.54) is 50.6 Å². The fourth-order valence-corrected chi connectivity index (χ4v) is 5.50. The highest BCUT2D eigenvalue weighted by atomic mass is 19.3. The van der Waals surface area contributed by atoms with Crippen LogP contribution >= 0.6 is 0 Å². The predicted molar refractivity (Wildman–Crippen MR) is 150 cm³/mol. The molecule has 0 spiro atoms. The van der Waals surface area contributed by atoms with E-state index in [0.29, 0.717) is 12.3 Å². The normalized spacial score (nSPS) is 19.9. The molecule has 212 valence electrons. The molecule has 1 atom stereocenters. The number of ether oxygens (including phenoxy) is 1. The van der Waals surface area contributed by atoms with Crippen LogP contribution in [0.1, 0.15) is 76.0 Å². The number of carbonyl (C=O) groups is 1. The molecule has 1 fully saturated rings. The molecule has 3 heterocycles. The van der Waals surface area contributed by atoms with Gasteiger partial charge in [0.15, 0.2) is 12.5 Å². The molecule has 0 radical (unpaired) electrons. The van der Waals surface area contributed by atoms with Crippen LogP contribution in [0.3, 0.4) is 0 Å². The number of rotatable bonds is 8. The number of amides is 1. The quantitative estimate of drug-likeness (QED) is 0.402. The maximum Gasteiger partial charge on any atom is 0.272 e. The number of nitrogens with two attached hydrogens (primary N) is 1. The summed E-state index contributed by atoms with van der Waals surface area (Å²) in [7, 11) is 0. The van der Waals surface area contributed by atoms with Gasteiger partial charge in [-0.25, -0.2) is 13.8 Å². The highest BCUT2D eigenvalue weighted by molar-refractivity contribution is 5.85. The van der Waals surface area contributed by atoms with Crippen LogP contribution in [0.2, 0.25) is 0 Å². The minimum absolute atomic E-state index is 0.118. The molecule has 1 saturated carbocycles. The van der Waals surface area contributed by atoms with Crippen molar-refractivity contribution in [2.45, 2.75) is 84.5 Å². The molecule has 6 nitrogen and oxygen atoms in total. The molecular weight excluding hydrogens is 486 g/mol. The van der Waals surface area contributed by atoms with Gasteiger partial charge >= 0.3 is 0 Å². The van der Waals surface area contributed by atoms with Crippen molar-refractivity contribution in [3.8, 4) is 0 Å². The van der Waals surface area contributed by atoms with Crippen molar-refractivity contribution in [3.63, 3.8) is 0 Å². The van der Waals surface area contributed by atoms with Crippen LogP contribution < -0.4 is 5.73 Å². The number of halogens is 2. The number of aliphatic imine (C=N–C) groups is 1. The van der Waals surface area contributed by atoms with Crippen molar-refractivity contribution < 1.29 is 18.3 Å². The second kappa shape index (κ2) is 17.1. The SMILES string of the molecule is C=C.CCC1C(OCC(F)F)=NC2=C1CCN(CCC1CCCCC1)CC2.Cc1cc(CC(N)=O)ccn1. The van der Waals surface area contributed by atoms with Gasteiger partial charge in [-0.3, -0.25) is 9.78 Å². The lowest BCUT2D eigenvalue weighted by Crippen LogP contribution is -2.29. The topological polar surface area (TPSA) is 80.8 Å². The summed E-state index contributed by atoms with van der Waals surface area (Å²) in [6, 6.07) is 3.64. The Kier molecular flexibility index (Phi) is 14.2. The van der Waals surface area contributed by atoms with Crippen molar-refractivity contribution in [2.24, 2.45) is 22.6 Å². The zero-order valence-electron chi connectivity index (χ0n) is 23.3. The number of carbonyl (C=O) groups excluding carboxylic acids is 1. The summed E-state index contributed by atoms with van der Waals surface area (Å²) >= 11 is 0. The minimum Gasteiger partial charge on any atom is -0.474 e. The number of hydrogen-bond acceptors (Lipinski definition) is 5. The van der Waals surface area contributed by atoms with Crippen molar-refractivity contribution in [2.75, 3.05) is 26.2 Å². The van der Waals surface area contributed by atoms with Gasteiger partial charge in [0.1, 0.15) is 0 Å². The molecule has 1 amide bonds. The zero-order chi connectivity index (χ0) is 27.9. The molecule has 2 N–H and O–H groups in total. The lowest BCUT2D eigenvalue weighted by atomic mass is 9.87. The van der Waals surface area contributed by atoms with Crippen LogP contribution in [0.4, 0.5) is 8.78 Å². The Labute approximate surface area is 227 Å². The Balaban J connectivity index is 0.000000327. The largest absolute Gasteiger partial charge is 0.474 e. The highest BCUT2D eigenvalue weighted by Crippen LogP contribution is 2.35. The van der Waals surface area contributed by atoms with E-state index in [1.807, 2.05) is 13.0 Å². The molecular formula is C30H46F2N4O2. The van der Waals surface area contributed by atoms with Gasteiger partial charge in [0.25, 0.3) is 6.43 Å². The van der Waals surface area contributed by atoms with E-state index in [9.17, 15) is 13.6 Å². The number of nitrogens with zero attached hydrogens (tertiary/aromatic N) is 3. The van der Waals surface area contributed by atoms with E-state index in [0.717, 1.165) is 55.2 Å². The summed E-state index contributed by atoms with van der Waals surface area (Å²) < 4.78 is 30.2. The van der Waals surface area contributed by atoms with E-state index in [2.05, 4.69) is 35.0 Å². The van der Waals surface area contributed by atoms with Crippen LogP contribution in [0.5, 0.6) is 0 Å². The molecule has 4 rings (SSSR count). The van der Waals surface area contributed by atoms with E-state index in [-0.39, 0.29) is 11.8 Å². The Morgan fingerprint density at radius 1 is 1.21 bits per heavy atom. The second-order valence-electron chi connectivity index (χ2n) is 10.2. The second-order valence-corrected chi connectivity index (χ2v) is 10.2. The summed E-state index contributed by atoms with van der Waals surface area (Å²) in [5.41, 5.74) is 9.29. The van der Waals surface area contributed by atoms with Gasteiger partial charge in [-0.1, -0.05) is 39.0 Å². The van der Waals surface area contributed by atoms with Gasteiger partial charge in [-0.05, 0) is 61.9 Å². The van der Waals surface area contributed by atoms with Gasteiger partial charge in [-0.15, -0.1) is 13.2 Å². The summed E-state index contributed by atoms with van der Waals surface area (Å²) in [5, 5.41) is 0. The van der Waals surface area contributed by atoms with Gasteiger partial charge in [0.2, 0.25) is 5.91 Å². The van der Waals surface area contributed by atoms with Gasteiger partial charge in [0.05, 0.1) is 12.3 Å². The van der Waals surface area contributed by atoms with E-state index < -0.39 is 13.0 Å². The first kappa shape index (κ1) is 31.6. The maximum atomic E-state index is 12.4. The Bertz CT molecular complexity index is 929. The van der Waals surface area contributed by atoms with Crippen molar-refractivity contribution in [1.82, 2.24) is 9.88 Å². The Morgan fingerprint density at radius 2 is 1.92 bits per heavy atom. The molecule has 38 heavy (non-hydrogen) atoms. The highest BCUT2D eigenvalue weighted by Gasteiger charge is 2.32. The minimum atomic E-state index is -2.43. The van der Waals surface area contributed by atoms with E-state index in [1.54, 1.807) is 12.3 Å². The summed E-state index contributed by atoms with van der Waals surface area (Å²) in [5.74, 6) is 1.26. The number of aryl methyl sites for hydroxylation is 1. The van der Waals surface area contributed by atoms with Crippen LogP contribution in [0, 0.1) is 18.8 Å². The van der Waals surface area contributed by atoms with Crippen molar-refractivity contribution >= 4 is 11.8 Å². The molecule has 0 bridgehead atoms. The van der Waals surface area contributed by atoms with Crippen molar-refractivity contribution in [3.05, 3.63) is 54.0 Å². The van der Waals surface area contributed by atoms with Crippen LogP contribution in [-0.2, 0) is 16.0 Å². The monoisotopic (exact) mass is 532 g/mol. The molecule has 1 aromatic heterocycles. The summed E-state index contributed by atoms with van der Waals surface area (Å²) in [6.45, 7) is 12.7. The number of alkyl halides is 2. The first-order valence-corrected chi connectivity index (χ1v) is 14.0. The number of primary amides is 1. The van der Waals surface area contributed by atoms with Crippen LogP contribution in [0.15, 0.2) is 47.7 Å². The number of aromatic nitrogens is 1. The molecule has 2 aliphatic heterocycles. The predicted octanol–water partition coefficient (Wildman–Crippen LogP) is 6.25. The molecule has 0 saturated heterocycles. The number of pyridine rings is 1. The standard InChI is InChI=1S/C20H32F2N2O.C8H10N2O.C2H4/c1-2-16-17-9-12-24(11-8-15-6-4-3-5-7-15)13-10-18(17)23-20(16)25-14-19(21)22;1-6-4-7(2-3-10-6)5-8(9)11;1-2/h15-16,19H,2-14H2,1H3;2-4H,5H2,1H3,(H2,9,11);1-2H2. The molecule has 1 aliphatic carbocycles. The van der Waals surface area contributed by atoms with Gasteiger partial charge in [0, 0.05) is 37.1 Å². The van der Waals surface area contributed by atoms with Crippen LogP contribution in [-0.4, -0.2) is 54.4 Å². The molecule has 3 aliphatic rings. The van der Waals surface area contributed by atoms with Gasteiger partial charge in [-0.2, -0.15) is 0 Å². The molecule has 1 aromatic rings. The lowest BCUT2D eigenvalue weighted by molar-refractivity contribution is -0.117. The zero-order valence-corrected chi connectivity index (χ0v) is 23.3. The molecule has 8 heteroatoms. The van der Waals surface area contributed by atoms with Gasteiger partial charge < -0.3 is 15.4 Å². The fraction of sp³-hybridized carbons (Fsp3) is 0.633. The third-order valence-electron chi connectivity index (χ3n) is 7.38. The maximum absolute atomic E-state index is 12.4. The first-order valence-electron chi connectivity index (χ1n) is 14.0. The van der Waals surface area contributed by atoms with E-state index >= 15 is 0 Å². The van der Waals surface area contributed by atoms with E-state index in [4.69, 9.17) is 10.5 Å². The van der Waals surface area contributed by atoms with Crippen molar-refractivity contribution in [1.29, 1.82) is 0 Å². The summed E-state index contributed by atoms with van der Waals surface area (Å²) in [4.78, 5) is 21.6. The lowest BCUT2D eigenvalue weighted by Gasteiger charge is -2.26. The Hall–Kier alpha value is -2.61. The van der Waals surface area contributed by atoms with Crippen LogP contribution in [0.25, 0.3) is 0 Å². The third-order valence-corrected chi connectivity index (χ3v) is 7.38.